The molecule has 0 spiro atoms. The molecule has 0 unspecified atom stereocenters. The molecule has 3 aromatic carbocycles. The lowest BCUT2D eigenvalue weighted by molar-refractivity contribution is 0.976. The van der Waals surface area contributed by atoms with Gasteiger partial charge in [-0.3, -0.25) is 0 Å². The van der Waals surface area contributed by atoms with Crippen LogP contribution >= 0.6 is 0 Å². The Balaban J connectivity index is 0.000000267. The van der Waals surface area contributed by atoms with Crippen molar-refractivity contribution in [2.75, 3.05) is 13.1 Å². The largest absolute Gasteiger partial charge is 0.329 e. The van der Waals surface area contributed by atoms with Crippen LogP contribution in [-0.2, 0) is 0 Å². The maximum absolute atomic E-state index is 4.90. The second-order valence-corrected chi connectivity index (χ2v) is 4.12. The third-order valence-corrected chi connectivity index (χ3v) is 2.78. The summed E-state index contributed by atoms with van der Waals surface area (Å²) in [4.78, 5) is 0. The molecule has 0 aliphatic heterocycles. The van der Waals surface area contributed by atoms with Crippen molar-refractivity contribution in [1.29, 1.82) is 0 Å². The van der Waals surface area contributed by atoms with Gasteiger partial charge in [0.05, 0.1) is 0 Å². The molecular weight excluding hydrogens is 220 g/mol. The van der Waals surface area contributed by atoms with Crippen LogP contribution in [0.4, 0.5) is 0 Å². The van der Waals surface area contributed by atoms with Crippen LogP contribution in [0.25, 0.3) is 21.5 Å². The maximum Gasteiger partial charge on any atom is 0.00461 e. The van der Waals surface area contributed by atoms with Gasteiger partial charge in [-0.15, -0.1) is 0 Å². The lowest BCUT2D eigenvalue weighted by atomic mass is 10.0. The first-order valence-electron chi connectivity index (χ1n) is 6.13. The highest BCUT2D eigenvalue weighted by molar-refractivity contribution is 5.98. The molecule has 92 valence electrons. The SMILES string of the molecule is NCCN.c1ccc2cc3ccccc3cc2c1. The van der Waals surface area contributed by atoms with Crippen LogP contribution in [-0.4, -0.2) is 13.1 Å². The fraction of sp³-hybridized carbons (Fsp3) is 0.125. The van der Waals surface area contributed by atoms with Gasteiger partial charge in [0.15, 0.2) is 0 Å². The molecule has 0 heterocycles. The van der Waals surface area contributed by atoms with Gasteiger partial charge in [0, 0.05) is 13.1 Å². The zero-order valence-electron chi connectivity index (χ0n) is 10.3. The van der Waals surface area contributed by atoms with Gasteiger partial charge >= 0.3 is 0 Å². The second kappa shape index (κ2) is 6.15. The molecule has 0 atom stereocenters. The molecule has 0 aliphatic carbocycles. The second-order valence-electron chi connectivity index (χ2n) is 4.12. The molecule has 18 heavy (non-hydrogen) atoms. The maximum atomic E-state index is 4.90. The number of nitrogens with two attached hydrogens (primary N) is 2. The summed E-state index contributed by atoms with van der Waals surface area (Å²) in [7, 11) is 0. The molecule has 0 amide bonds. The van der Waals surface area contributed by atoms with E-state index in [0.29, 0.717) is 13.1 Å². The normalized spacial score (nSPS) is 10.1. The van der Waals surface area contributed by atoms with Crippen molar-refractivity contribution in [1.82, 2.24) is 0 Å². The molecule has 3 aromatic rings. The van der Waals surface area contributed by atoms with E-state index in [1.807, 2.05) is 0 Å². The summed E-state index contributed by atoms with van der Waals surface area (Å²) in [6, 6.07) is 21.4. The highest BCUT2D eigenvalue weighted by Gasteiger charge is 1.95. The van der Waals surface area contributed by atoms with E-state index in [1.54, 1.807) is 0 Å². The number of rotatable bonds is 1. The first-order chi connectivity index (χ1) is 8.85. The van der Waals surface area contributed by atoms with Crippen LogP contribution < -0.4 is 11.5 Å². The smallest absolute Gasteiger partial charge is 0.00461 e. The van der Waals surface area contributed by atoms with Gasteiger partial charge in [-0.25, -0.2) is 0 Å². The summed E-state index contributed by atoms with van der Waals surface area (Å²) < 4.78 is 0. The van der Waals surface area contributed by atoms with E-state index in [0.717, 1.165) is 0 Å². The molecule has 0 saturated carbocycles. The molecule has 0 radical (unpaired) electrons. The van der Waals surface area contributed by atoms with Crippen LogP contribution in [0.2, 0.25) is 0 Å². The molecular formula is C16H18N2. The van der Waals surface area contributed by atoms with Crippen molar-refractivity contribution < 1.29 is 0 Å². The lowest BCUT2D eigenvalue weighted by Gasteiger charge is -2.00. The predicted molar refractivity (Wildman–Crippen MR) is 79.6 cm³/mol. The van der Waals surface area contributed by atoms with Crippen molar-refractivity contribution in [2.24, 2.45) is 11.5 Å². The first kappa shape index (κ1) is 12.6. The van der Waals surface area contributed by atoms with E-state index in [9.17, 15) is 0 Å². The Hall–Kier alpha value is -1.90. The number of fused-ring (bicyclic) bond motifs is 2. The standard InChI is InChI=1S/C14H10.C2H8N2/c1-2-6-12-10-14-8-4-3-7-13(14)9-11(12)5-1;3-1-2-4/h1-10H;1-4H2. The fourth-order valence-electron chi connectivity index (χ4n) is 1.88. The predicted octanol–water partition coefficient (Wildman–Crippen LogP) is 2.90. The zero-order valence-corrected chi connectivity index (χ0v) is 10.3. The summed E-state index contributed by atoms with van der Waals surface area (Å²) in [6.07, 6.45) is 0. The molecule has 0 aromatic heterocycles. The van der Waals surface area contributed by atoms with Gasteiger partial charge in [0.1, 0.15) is 0 Å². The van der Waals surface area contributed by atoms with Crippen LogP contribution in [0.5, 0.6) is 0 Å². The molecule has 0 aliphatic rings. The van der Waals surface area contributed by atoms with Crippen molar-refractivity contribution in [2.45, 2.75) is 0 Å². The average Bonchev–Trinajstić information content (AvgIpc) is 2.45. The molecule has 0 fully saturated rings. The summed E-state index contributed by atoms with van der Waals surface area (Å²) in [5.74, 6) is 0. The van der Waals surface area contributed by atoms with Crippen molar-refractivity contribution >= 4 is 21.5 Å². The van der Waals surface area contributed by atoms with Crippen molar-refractivity contribution in [3.63, 3.8) is 0 Å². The molecule has 0 saturated heterocycles. The first-order valence-corrected chi connectivity index (χ1v) is 6.13. The number of benzene rings is 3. The van der Waals surface area contributed by atoms with Crippen LogP contribution in [0.1, 0.15) is 0 Å². The lowest BCUT2D eigenvalue weighted by Crippen LogP contribution is -2.11. The topological polar surface area (TPSA) is 52.0 Å². The van der Waals surface area contributed by atoms with Crippen molar-refractivity contribution in [3.8, 4) is 0 Å². The number of hydrogen-bond donors (Lipinski definition) is 2. The minimum atomic E-state index is 0.597. The quantitative estimate of drug-likeness (QED) is 0.640. The van der Waals surface area contributed by atoms with E-state index in [1.165, 1.54) is 21.5 Å². The monoisotopic (exact) mass is 238 g/mol. The minimum absolute atomic E-state index is 0.597. The van der Waals surface area contributed by atoms with Gasteiger partial charge in [-0.1, -0.05) is 48.5 Å². The number of hydrogen-bond acceptors (Lipinski definition) is 2. The molecule has 2 heteroatoms. The van der Waals surface area contributed by atoms with E-state index in [-0.39, 0.29) is 0 Å². The van der Waals surface area contributed by atoms with Crippen LogP contribution in [0.3, 0.4) is 0 Å². The molecule has 0 bridgehead atoms. The molecule has 4 N–H and O–H groups in total. The van der Waals surface area contributed by atoms with E-state index >= 15 is 0 Å². The Bertz CT molecular complexity index is 525. The molecule has 2 nitrogen and oxygen atoms in total. The summed E-state index contributed by atoms with van der Waals surface area (Å²) in [5.41, 5.74) is 9.81. The highest BCUT2D eigenvalue weighted by Crippen LogP contribution is 2.21. The Morgan fingerprint density at radius 1 is 0.556 bits per heavy atom. The van der Waals surface area contributed by atoms with Gasteiger partial charge in [-0.2, -0.15) is 0 Å². The Morgan fingerprint density at radius 3 is 1.06 bits per heavy atom. The van der Waals surface area contributed by atoms with Crippen LogP contribution in [0, 0.1) is 0 Å². The fourth-order valence-corrected chi connectivity index (χ4v) is 1.88. The van der Waals surface area contributed by atoms with E-state index in [2.05, 4.69) is 60.7 Å². The van der Waals surface area contributed by atoms with Gasteiger partial charge in [-0.05, 0) is 33.7 Å². The molecule has 3 rings (SSSR count). The van der Waals surface area contributed by atoms with Gasteiger partial charge in [0.2, 0.25) is 0 Å². The van der Waals surface area contributed by atoms with E-state index in [4.69, 9.17) is 11.5 Å². The van der Waals surface area contributed by atoms with E-state index < -0.39 is 0 Å². The van der Waals surface area contributed by atoms with Gasteiger partial charge in [0.25, 0.3) is 0 Å². The third-order valence-electron chi connectivity index (χ3n) is 2.78. The van der Waals surface area contributed by atoms with Gasteiger partial charge < -0.3 is 11.5 Å². The van der Waals surface area contributed by atoms with Crippen LogP contribution in [0.15, 0.2) is 60.7 Å². The summed E-state index contributed by atoms with van der Waals surface area (Å²) >= 11 is 0. The summed E-state index contributed by atoms with van der Waals surface area (Å²) in [5, 5.41) is 5.25. The Kier molecular flexibility index (Phi) is 4.29. The highest BCUT2D eigenvalue weighted by atomic mass is 14.6. The zero-order chi connectivity index (χ0) is 12.8. The Morgan fingerprint density at radius 2 is 0.833 bits per heavy atom. The Labute approximate surface area is 107 Å². The minimum Gasteiger partial charge on any atom is -0.329 e. The third kappa shape index (κ3) is 2.86. The summed E-state index contributed by atoms with van der Waals surface area (Å²) in [6.45, 7) is 1.19. The van der Waals surface area contributed by atoms with Crippen molar-refractivity contribution in [3.05, 3.63) is 60.7 Å². The average molecular weight is 238 g/mol.